The van der Waals surface area contributed by atoms with Crippen LogP contribution in [0.5, 0.6) is 5.75 Å². The van der Waals surface area contributed by atoms with Crippen molar-refractivity contribution in [3.05, 3.63) is 100 Å². The summed E-state index contributed by atoms with van der Waals surface area (Å²) in [6, 6.07) is 25.6. The van der Waals surface area contributed by atoms with E-state index < -0.39 is 0 Å². The second kappa shape index (κ2) is 13.7. The Kier molecular flexibility index (Phi) is 10.3. The van der Waals surface area contributed by atoms with Gasteiger partial charge in [0.2, 0.25) is 5.91 Å². The number of H-pyrrole nitrogens is 1. The second-order valence-corrected chi connectivity index (χ2v) is 9.38. The number of hydrogen-bond acceptors (Lipinski definition) is 3. The fraction of sp³-hybridized carbons (Fsp3) is 0.267. The van der Waals surface area contributed by atoms with Crippen molar-refractivity contribution in [1.82, 2.24) is 14.8 Å². The van der Waals surface area contributed by atoms with Gasteiger partial charge < -0.3 is 19.5 Å². The predicted molar refractivity (Wildman–Crippen MR) is 153 cm³/mol. The fourth-order valence-corrected chi connectivity index (χ4v) is 4.34. The third kappa shape index (κ3) is 7.70. The van der Waals surface area contributed by atoms with E-state index in [2.05, 4.69) is 40.0 Å². The number of carbonyl (C=O) groups is 2. The molecule has 0 bridgehead atoms. The summed E-state index contributed by atoms with van der Waals surface area (Å²) in [5.74, 6) is 0.562. The molecule has 2 heterocycles. The van der Waals surface area contributed by atoms with Crippen LogP contribution >= 0.6 is 15.9 Å². The average molecular weight is 565 g/mol. The van der Waals surface area contributed by atoms with Gasteiger partial charge in [0, 0.05) is 35.0 Å². The molecule has 4 aromatic rings. The molecular weight excluding hydrogens is 530 g/mol. The number of methoxy groups -OCH3 is 1. The van der Waals surface area contributed by atoms with Crippen LogP contribution in [0.2, 0.25) is 0 Å². The number of benzene rings is 3. The number of piperazine rings is 1. The van der Waals surface area contributed by atoms with Crippen molar-refractivity contribution in [2.45, 2.75) is 27.3 Å². The molecule has 0 spiro atoms. The average Bonchev–Trinajstić information content (AvgIpc) is 3.35. The first-order valence-electron chi connectivity index (χ1n) is 12.4. The Hall–Kier alpha value is -3.58. The van der Waals surface area contributed by atoms with Crippen molar-refractivity contribution < 1.29 is 14.3 Å². The molecule has 0 atom stereocenters. The number of ether oxygens (including phenoxy) is 1. The van der Waals surface area contributed by atoms with E-state index >= 15 is 0 Å². The van der Waals surface area contributed by atoms with Crippen LogP contribution in [-0.2, 0) is 11.3 Å². The molecule has 6 nitrogen and oxygen atoms in total. The Morgan fingerprint density at radius 2 is 1.73 bits per heavy atom. The number of nitrogens with one attached hydrogen (secondary N) is 1. The van der Waals surface area contributed by atoms with Crippen molar-refractivity contribution >= 4 is 38.6 Å². The quantitative estimate of drug-likeness (QED) is 0.310. The molecule has 194 valence electrons. The van der Waals surface area contributed by atoms with E-state index in [1.807, 2.05) is 80.6 Å². The Bertz CT molecular complexity index is 1320. The van der Waals surface area contributed by atoms with Crippen molar-refractivity contribution in [3.8, 4) is 5.75 Å². The highest BCUT2D eigenvalue weighted by Gasteiger charge is 2.28. The number of fused-ring (bicyclic) bond motifs is 1. The van der Waals surface area contributed by atoms with Crippen molar-refractivity contribution in [2.24, 2.45) is 0 Å². The van der Waals surface area contributed by atoms with Crippen LogP contribution in [-0.4, -0.2) is 53.3 Å². The molecule has 1 aliphatic heterocycles. The lowest BCUT2D eigenvalue weighted by molar-refractivity contribution is -0.135. The fourth-order valence-electron chi connectivity index (χ4n) is 3.96. The first kappa shape index (κ1) is 28.0. The van der Waals surface area contributed by atoms with Crippen molar-refractivity contribution in [2.75, 3.05) is 26.7 Å². The normalized spacial score (nSPS) is 12.8. The Labute approximate surface area is 227 Å². The lowest BCUT2D eigenvalue weighted by atomic mass is 10.1. The third-order valence-electron chi connectivity index (χ3n) is 5.87. The molecule has 0 radical (unpaired) electrons. The number of aromatic amines is 1. The SMILES string of the molecule is CC.COc1cccc(CN2CCN(C(=O)c3cc4cc(Br)ccc4[nH]3)CC2=O)c1.Cc1ccccc1. The van der Waals surface area contributed by atoms with Crippen LogP contribution in [0, 0.1) is 6.92 Å². The van der Waals surface area contributed by atoms with E-state index in [4.69, 9.17) is 4.74 Å². The first-order chi connectivity index (χ1) is 17.9. The van der Waals surface area contributed by atoms with Crippen LogP contribution in [0.25, 0.3) is 10.9 Å². The van der Waals surface area contributed by atoms with Crippen LogP contribution in [0.1, 0.15) is 35.5 Å². The van der Waals surface area contributed by atoms with Gasteiger partial charge in [-0.05, 0) is 48.9 Å². The van der Waals surface area contributed by atoms with E-state index in [1.54, 1.807) is 16.9 Å². The summed E-state index contributed by atoms with van der Waals surface area (Å²) in [7, 11) is 1.62. The topological polar surface area (TPSA) is 65.6 Å². The molecule has 7 heteroatoms. The van der Waals surface area contributed by atoms with Crippen LogP contribution < -0.4 is 4.74 Å². The number of nitrogens with zero attached hydrogens (tertiary/aromatic N) is 2. The molecule has 1 aromatic heterocycles. The number of aryl methyl sites for hydroxylation is 1. The maximum absolute atomic E-state index is 12.8. The zero-order valence-corrected chi connectivity index (χ0v) is 23.4. The Balaban J connectivity index is 0.000000361. The summed E-state index contributed by atoms with van der Waals surface area (Å²) in [5, 5.41) is 0.959. The largest absolute Gasteiger partial charge is 0.497 e. The van der Waals surface area contributed by atoms with E-state index in [1.165, 1.54) is 5.56 Å². The maximum Gasteiger partial charge on any atom is 0.270 e. The molecule has 0 aliphatic carbocycles. The van der Waals surface area contributed by atoms with Gasteiger partial charge in [0.15, 0.2) is 0 Å². The molecule has 3 aromatic carbocycles. The lowest BCUT2D eigenvalue weighted by Gasteiger charge is -2.34. The molecule has 0 saturated carbocycles. The minimum atomic E-state index is -0.151. The molecule has 1 fully saturated rings. The number of hydrogen-bond donors (Lipinski definition) is 1. The van der Waals surface area contributed by atoms with Gasteiger partial charge in [-0.25, -0.2) is 0 Å². The van der Waals surface area contributed by atoms with Gasteiger partial charge in [0.1, 0.15) is 18.0 Å². The zero-order valence-electron chi connectivity index (χ0n) is 21.8. The van der Waals surface area contributed by atoms with E-state index in [-0.39, 0.29) is 18.4 Å². The maximum atomic E-state index is 12.8. The van der Waals surface area contributed by atoms with E-state index in [0.717, 1.165) is 26.7 Å². The van der Waals surface area contributed by atoms with Gasteiger partial charge in [0.25, 0.3) is 5.91 Å². The lowest BCUT2D eigenvalue weighted by Crippen LogP contribution is -2.51. The summed E-state index contributed by atoms with van der Waals surface area (Å²) in [5.41, 5.74) is 3.73. The molecule has 1 saturated heterocycles. The van der Waals surface area contributed by atoms with Gasteiger partial charge in [-0.15, -0.1) is 0 Å². The van der Waals surface area contributed by atoms with Gasteiger partial charge in [-0.2, -0.15) is 0 Å². The molecule has 0 unspecified atom stereocenters. The molecule has 5 rings (SSSR count). The summed E-state index contributed by atoms with van der Waals surface area (Å²) < 4.78 is 6.20. The standard InChI is InChI=1S/C21H20BrN3O3.C7H8.C2H6/c1-28-17-4-2-3-14(9-17)12-24-7-8-25(13-20(24)26)21(27)19-11-15-10-16(22)5-6-18(15)23-19;1-7-5-3-2-4-6-7;1-2/h2-6,9-11,23H,7-8,12-13H2,1H3;2-6H,1H3;1-2H3. The van der Waals surface area contributed by atoms with Crippen LogP contribution in [0.15, 0.2) is 83.3 Å². The summed E-state index contributed by atoms with van der Waals surface area (Å²) in [4.78, 5) is 32.0. The number of amides is 2. The third-order valence-corrected chi connectivity index (χ3v) is 6.36. The minimum Gasteiger partial charge on any atom is -0.497 e. The Morgan fingerprint density at radius 1 is 0.973 bits per heavy atom. The predicted octanol–water partition coefficient (Wildman–Crippen LogP) is 6.44. The highest BCUT2D eigenvalue weighted by Crippen LogP contribution is 2.22. The summed E-state index contributed by atoms with van der Waals surface area (Å²) >= 11 is 3.44. The van der Waals surface area contributed by atoms with Crippen molar-refractivity contribution in [3.63, 3.8) is 0 Å². The minimum absolute atomic E-state index is 0.0544. The molecule has 1 aliphatic rings. The molecular formula is C30H34BrN3O3. The highest BCUT2D eigenvalue weighted by molar-refractivity contribution is 9.10. The van der Waals surface area contributed by atoms with Gasteiger partial charge in [0.05, 0.1) is 7.11 Å². The van der Waals surface area contributed by atoms with Gasteiger partial charge in [-0.3, -0.25) is 9.59 Å². The zero-order chi connectivity index (χ0) is 26.8. The monoisotopic (exact) mass is 563 g/mol. The smallest absolute Gasteiger partial charge is 0.270 e. The summed E-state index contributed by atoms with van der Waals surface area (Å²) in [6.45, 7) is 7.70. The molecule has 2 amide bonds. The van der Waals surface area contributed by atoms with E-state index in [0.29, 0.717) is 25.3 Å². The van der Waals surface area contributed by atoms with Gasteiger partial charge >= 0.3 is 0 Å². The number of halogens is 1. The van der Waals surface area contributed by atoms with Crippen LogP contribution in [0.4, 0.5) is 0 Å². The van der Waals surface area contributed by atoms with Crippen molar-refractivity contribution in [1.29, 1.82) is 0 Å². The molecule has 37 heavy (non-hydrogen) atoms. The number of aromatic nitrogens is 1. The summed E-state index contributed by atoms with van der Waals surface area (Å²) in [6.07, 6.45) is 0. The van der Waals surface area contributed by atoms with Crippen LogP contribution in [0.3, 0.4) is 0 Å². The van der Waals surface area contributed by atoms with Gasteiger partial charge in [-0.1, -0.05) is 77.8 Å². The number of carbonyl (C=O) groups excluding carboxylic acids is 2. The second-order valence-electron chi connectivity index (χ2n) is 8.46. The Morgan fingerprint density at radius 3 is 2.38 bits per heavy atom. The number of rotatable bonds is 4. The first-order valence-corrected chi connectivity index (χ1v) is 13.2. The molecule has 1 N–H and O–H groups in total. The highest BCUT2D eigenvalue weighted by atomic mass is 79.9. The van der Waals surface area contributed by atoms with E-state index in [9.17, 15) is 9.59 Å².